The van der Waals surface area contributed by atoms with Gasteiger partial charge in [-0.3, -0.25) is 9.59 Å². The second-order valence-electron chi connectivity index (χ2n) is 7.60. The number of amides is 1. The molecule has 1 aromatic carbocycles. The molecule has 0 aromatic heterocycles. The van der Waals surface area contributed by atoms with Crippen LogP contribution in [0.15, 0.2) is 30.3 Å². The number of hydrogen-bond acceptors (Lipinski definition) is 3. The molecule has 24 heavy (non-hydrogen) atoms. The molecule has 1 aromatic rings. The van der Waals surface area contributed by atoms with Gasteiger partial charge in [-0.05, 0) is 39.2 Å². The highest BCUT2D eigenvalue weighted by Gasteiger charge is 2.29. The van der Waals surface area contributed by atoms with Gasteiger partial charge in [-0.15, -0.1) is 0 Å². The molecule has 1 fully saturated rings. The highest BCUT2D eigenvalue weighted by atomic mass is 16.6. The Morgan fingerprint density at radius 3 is 2.33 bits per heavy atom. The molecular weight excluding hydrogens is 302 g/mol. The maximum atomic E-state index is 12.6. The van der Waals surface area contributed by atoms with Crippen molar-refractivity contribution in [1.82, 2.24) is 5.32 Å². The molecule has 1 saturated carbocycles. The zero-order valence-electron chi connectivity index (χ0n) is 15.0. The number of carbonyl (C=O) groups excluding carboxylic acids is 2. The van der Waals surface area contributed by atoms with Crippen LogP contribution in [0.4, 0.5) is 0 Å². The van der Waals surface area contributed by atoms with Crippen LogP contribution in [0.5, 0.6) is 0 Å². The second-order valence-corrected chi connectivity index (χ2v) is 7.60. The maximum absolute atomic E-state index is 12.6. The SMILES string of the molecule is CC(C)(C)OC(=O)C(CC(=O)NC1CCCCC1)c1ccccc1. The molecule has 4 heteroatoms. The van der Waals surface area contributed by atoms with Crippen molar-refractivity contribution in [1.29, 1.82) is 0 Å². The monoisotopic (exact) mass is 331 g/mol. The Labute approximate surface area is 145 Å². The largest absolute Gasteiger partial charge is 0.459 e. The van der Waals surface area contributed by atoms with Gasteiger partial charge in [0.05, 0.1) is 5.92 Å². The van der Waals surface area contributed by atoms with Gasteiger partial charge in [-0.25, -0.2) is 0 Å². The van der Waals surface area contributed by atoms with Crippen LogP contribution >= 0.6 is 0 Å². The summed E-state index contributed by atoms with van der Waals surface area (Å²) in [5.41, 5.74) is 0.259. The molecule has 1 aliphatic carbocycles. The van der Waals surface area contributed by atoms with E-state index in [9.17, 15) is 9.59 Å². The first kappa shape index (κ1) is 18.5. The summed E-state index contributed by atoms with van der Waals surface area (Å²) in [4.78, 5) is 25.0. The number of ether oxygens (including phenoxy) is 1. The van der Waals surface area contributed by atoms with E-state index in [0.717, 1.165) is 18.4 Å². The predicted octanol–water partition coefficient (Wildman–Crippen LogP) is 3.95. The highest BCUT2D eigenvalue weighted by Crippen LogP contribution is 2.25. The van der Waals surface area contributed by atoms with E-state index >= 15 is 0 Å². The van der Waals surface area contributed by atoms with Gasteiger partial charge in [0.2, 0.25) is 5.91 Å². The summed E-state index contributed by atoms with van der Waals surface area (Å²) in [6, 6.07) is 9.67. The van der Waals surface area contributed by atoms with Crippen LogP contribution in [0, 0.1) is 0 Å². The van der Waals surface area contributed by atoms with Crippen LogP contribution in [-0.4, -0.2) is 23.5 Å². The number of nitrogens with one attached hydrogen (secondary N) is 1. The van der Waals surface area contributed by atoms with E-state index in [4.69, 9.17) is 4.74 Å². The van der Waals surface area contributed by atoms with Crippen molar-refractivity contribution in [3.05, 3.63) is 35.9 Å². The maximum Gasteiger partial charge on any atom is 0.314 e. The van der Waals surface area contributed by atoms with Crippen molar-refractivity contribution in [3.8, 4) is 0 Å². The van der Waals surface area contributed by atoms with Crippen LogP contribution in [0.3, 0.4) is 0 Å². The quantitative estimate of drug-likeness (QED) is 0.831. The minimum atomic E-state index is -0.566. The average Bonchev–Trinajstić information content (AvgIpc) is 2.52. The fourth-order valence-electron chi connectivity index (χ4n) is 3.11. The Kier molecular flexibility index (Phi) is 6.41. The average molecular weight is 331 g/mol. The summed E-state index contributed by atoms with van der Waals surface area (Å²) >= 11 is 0. The Morgan fingerprint density at radius 2 is 1.75 bits per heavy atom. The first-order chi connectivity index (χ1) is 11.3. The molecule has 4 nitrogen and oxygen atoms in total. The van der Waals surface area contributed by atoms with Crippen LogP contribution in [0.1, 0.15) is 70.8 Å². The van der Waals surface area contributed by atoms with Gasteiger partial charge < -0.3 is 10.1 Å². The lowest BCUT2D eigenvalue weighted by molar-refractivity contribution is -0.157. The lowest BCUT2D eigenvalue weighted by Gasteiger charge is -2.26. The smallest absolute Gasteiger partial charge is 0.314 e. The Bertz CT molecular complexity index is 542. The van der Waals surface area contributed by atoms with Crippen molar-refractivity contribution in [2.75, 3.05) is 0 Å². The van der Waals surface area contributed by atoms with Gasteiger partial charge in [0.1, 0.15) is 5.60 Å². The van der Waals surface area contributed by atoms with Crippen molar-refractivity contribution in [3.63, 3.8) is 0 Å². The Hall–Kier alpha value is -1.84. The predicted molar refractivity (Wildman–Crippen MR) is 94.7 cm³/mol. The van der Waals surface area contributed by atoms with Gasteiger partial charge in [0.25, 0.3) is 0 Å². The fourth-order valence-corrected chi connectivity index (χ4v) is 3.11. The minimum Gasteiger partial charge on any atom is -0.459 e. The Balaban J connectivity index is 2.05. The van der Waals surface area contributed by atoms with E-state index in [-0.39, 0.29) is 24.3 Å². The zero-order valence-corrected chi connectivity index (χ0v) is 15.0. The lowest BCUT2D eigenvalue weighted by Crippen LogP contribution is -2.38. The van der Waals surface area contributed by atoms with Crippen molar-refractivity contribution < 1.29 is 14.3 Å². The Morgan fingerprint density at radius 1 is 1.12 bits per heavy atom. The first-order valence-corrected chi connectivity index (χ1v) is 8.92. The lowest BCUT2D eigenvalue weighted by atomic mass is 9.93. The molecule has 0 aliphatic heterocycles. The van der Waals surface area contributed by atoms with Crippen LogP contribution in [0.25, 0.3) is 0 Å². The number of hydrogen-bond donors (Lipinski definition) is 1. The second kappa shape index (κ2) is 8.32. The third-order valence-electron chi connectivity index (χ3n) is 4.25. The number of carbonyl (C=O) groups is 2. The third kappa shape index (κ3) is 5.99. The molecular formula is C20H29NO3. The van der Waals surface area contributed by atoms with E-state index in [1.165, 1.54) is 19.3 Å². The van der Waals surface area contributed by atoms with E-state index in [1.807, 2.05) is 51.1 Å². The van der Waals surface area contributed by atoms with E-state index < -0.39 is 11.5 Å². The summed E-state index contributed by atoms with van der Waals surface area (Å²) in [5, 5.41) is 3.09. The standard InChI is InChI=1S/C20H29NO3/c1-20(2,3)24-19(23)17(15-10-6-4-7-11-15)14-18(22)21-16-12-8-5-9-13-16/h4,6-7,10-11,16-17H,5,8-9,12-14H2,1-3H3,(H,21,22). The topological polar surface area (TPSA) is 55.4 Å². The molecule has 0 spiro atoms. The normalized spacial score (nSPS) is 17.1. The highest BCUT2D eigenvalue weighted by molar-refractivity contribution is 5.87. The number of benzene rings is 1. The molecule has 1 N–H and O–H groups in total. The molecule has 132 valence electrons. The summed E-state index contributed by atoms with van der Waals surface area (Å²) in [5.74, 6) is -0.969. The molecule has 2 rings (SSSR count). The summed E-state index contributed by atoms with van der Waals surface area (Å²) in [6.45, 7) is 5.53. The molecule has 0 radical (unpaired) electrons. The van der Waals surface area contributed by atoms with E-state index in [2.05, 4.69) is 5.32 Å². The molecule has 0 saturated heterocycles. The first-order valence-electron chi connectivity index (χ1n) is 8.92. The molecule has 1 amide bonds. The van der Waals surface area contributed by atoms with Gasteiger partial charge in [-0.2, -0.15) is 0 Å². The van der Waals surface area contributed by atoms with Gasteiger partial charge in [0.15, 0.2) is 0 Å². The molecule has 0 bridgehead atoms. The van der Waals surface area contributed by atoms with Gasteiger partial charge in [0, 0.05) is 12.5 Å². The third-order valence-corrected chi connectivity index (χ3v) is 4.25. The summed E-state index contributed by atoms with van der Waals surface area (Å²) in [6.07, 6.45) is 5.78. The molecule has 0 heterocycles. The number of esters is 1. The van der Waals surface area contributed by atoms with Crippen LogP contribution < -0.4 is 5.32 Å². The fraction of sp³-hybridized carbons (Fsp3) is 0.600. The van der Waals surface area contributed by atoms with Crippen molar-refractivity contribution >= 4 is 11.9 Å². The van der Waals surface area contributed by atoms with E-state index in [1.54, 1.807) is 0 Å². The van der Waals surface area contributed by atoms with Crippen LogP contribution in [-0.2, 0) is 14.3 Å². The molecule has 1 atom stereocenters. The van der Waals surface area contributed by atoms with E-state index in [0.29, 0.717) is 0 Å². The van der Waals surface area contributed by atoms with Crippen LogP contribution in [0.2, 0.25) is 0 Å². The molecule has 1 unspecified atom stereocenters. The van der Waals surface area contributed by atoms with Crippen molar-refractivity contribution in [2.24, 2.45) is 0 Å². The number of rotatable bonds is 5. The molecule has 1 aliphatic rings. The van der Waals surface area contributed by atoms with Gasteiger partial charge >= 0.3 is 5.97 Å². The summed E-state index contributed by atoms with van der Waals surface area (Å²) < 4.78 is 5.53. The zero-order chi connectivity index (χ0) is 17.6. The minimum absolute atomic E-state index is 0.0680. The summed E-state index contributed by atoms with van der Waals surface area (Å²) in [7, 11) is 0. The van der Waals surface area contributed by atoms with Crippen molar-refractivity contribution in [2.45, 2.75) is 76.9 Å². The van der Waals surface area contributed by atoms with Gasteiger partial charge in [-0.1, -0.05) is 49.6 Å².